The molecule has 0 aliphatic carbocycles. The molecular formula is C22H39N2O5S2Y-. The van der Waals surface area contributed by atoms with Crippen LogP contribution in [0, 0.1) is 6.92 Å². The Balaban J connectivity index is 0.00000961. The van der Waals surface area contributed by atoms with Crippen LogP contribution in [-0.2, 0) is 56.6 Å². The fourth-order valence-electron chi connectivity index (χ4n) is 3.10. The van der Waals surface area contributed by atoms with Crippen molar-refractivity contribution >= 4 is 39.1 Å². The topological polar surface area (TPSA) is 76.2 Å². The van der Waals surface area contributed by atoms with Gasteiger partial charge in [0, 0.05) is 110 Å². The summed E-state index contributed by atoms with van der Waals surface area (Å²) in [5.41, 5.74) is 0. The van der Waals surface area contributed by atoms with E-state index in [1.165, 1.54) is 0 Å². The summed E-state index contributed by atoms with van der Waals surface area (Å²) in [5, 5.41) is 0. The smallest absolute Gasteiger partial charge is 0.307 e. The van der Waals surface area contributed by atoms with Gasteiger partial charge in [-0.2, -0.15) is 0 Å². The maximum absolute atomic E-state index is 12.1. The molecule has 1 radical (unpaired) electrons. The fourth-order valence-corrected chi connectivity index (χ4v) is 5.28. The van der Waals surface area contributed by atoms with E-state index in [-0.39, 0.29) is 44.5 Å². The number of methoxy groups -OCH3 is 1. The maximum Gasteiger partial charge on any atom is 0.307 e. The molecule has 0 spiro atoms. The number of nitrogens with zero attached hydrogens (tertiary/aromatic N) is 2. The Hall–Kier alpha value is 0.494. The Morgan fingerprint density at radius 2 is 1.34 bits per heavy atom. The zero-order valence-electron chi connectivity index (χ0n) is 19.6. The summed E-state index contributed by atoms with van der Waals surface area (Å²) in [4.78, 5) is 39.5. The zero-order chi connectivity index (χ0) is 22.7. The van der Waals surface area contributed by atoms with E-state index >= 15 is 0 Å². The fraction of sp³-hybridized carbons (Fsp3) is 0.818. The van der Waals surface area contributed by atoms with Crippen LogP contribution in [0.2, 0.25) is 0 Å². The third-order valence-corrected chi connectivity index (χ3v) is 7.66. The summed E-state index contributed by atoms with van der Waals surface area (Å²) in [5.74, 6) is 2.35. The van der Waals surface area contributed by atoms with Gasteiger partial charge in [-0.05, 0) is 12.8 Å². The standard InChI is InChI=1S/C22H39N2O5S2.Y/c1-3-20(25)6-4-18-30-31-19-5-7-21(26)8-10-23-12-14-24(15-13-23)11-9-22(27)29-17-16-28-2;/h1,3-19H2,2H3;/q-1;. The van der Waals surface area contributed by atoms with Crippen molar-refractivity contribution in [3.63, 3.8) is 0 Å². The van der Waals surface area contributed by atoms with Crippen molar-refractivity contribution in [1.82, 2.24) is 9.80 Å². The Labute approximate surface area is 227 Å². The van der Waals surface area contributed by atoms with Gasteiger partial charge in [-0.15, -0.1) is 6.42 Å². The van der Waals surface area contributed by atoms with Gasteiger partial charge in [-0.25, -0.2) is 0 Å². The van der Waals surface area contributed by atoms with E-state index < -0.39 is 0 Å². The molecule has 0 saturated carbocycles. The summed E-state index contributed by atoms with van der Waals surface area (Å²) in [7, 11) is 5.17. The molecule has 10 heteroatoms. The maximum atomic E-state index is 12.1. The van der Waals surface area contributed by atoms with Crippen molar-refractivity contribution in [1.29, 1.82) is 0 Å². The largest absolute Gasteiger partial charge is 0.463 e. The zero-order valence-corrected chi connectivity index (χ0v) is 24.0. The molecular weight excluding hydrogens is 525 g/mol. The summed E-state index contributed by atoms with van der Waals surface area (Å²) < 4.78 is 9.94. The number of rotatable bonds is 19. The van der Waals surface area contributed by atoms with Gasteiger partial charge < -0.3 is 31.0 Å². The Kier molecular flexibility index (Phi) is 22.3. The molecule has 1 rings (SSSR count). The molecule has 0 aromatic heterocycles. The number of piperazine rings is 1. The average molecular weight is 565 g/mol. The molecule has 0 aromatic rings. The van der Waals surface area contributed by atoms with Gasteiger partial charge in [0.1, 0.15) is 18.2 Å². The first kappa shape index (κ1) is 32.5. The second kappa shape index (κ2) is 22.0. The van der Waals surface area contributed by atoms with Crippen LogP contribution in [0.3, 0.4) is 0 Å². The molecule has 0 bridgehead atoms. The van der Waals surface area contributed by atoms with E-state index in [1.807, 2.05) is 0 Å². The molecule has 7 nitrogen and oxygen atoms in total. The van der Waals surface area contributed by atoms with Gasteiger partial charge in [0.15, 0.2) is 0 Å². The quantitative estimate of drug-likeness (QED) is 0.102. The third-order valence-electron chi connectivity index (χ3n) is 5.08. The van der Waals surface area contributed by atoms with Crippen molar-refractivity contribution in [2.45, 2.75) is 44.9 Å². The molecule has 183 valence electrons. The average Bonchev–Trinajstić information content (AvgIpc) is 2.78. The number of hydrogen-bond acceptors (Lipinski definition) is 9. The van der Waals surface area contributed by atoms with Crippen LogP contribution in [-0.4, -0.2) is 98.4 Å². The van der Waals surface area contributed by atoms with E-state index in [2.05, 4.69) is 16.7 Å². The monoisotopic (exact) mass is 564 g/mol. The van der Waals surface area contributed by atoms with Crippen LogP contribution in [0.5, 0.6) is 0 Å². The van der Waals surface area contributed by atoms with Gasteiger partial charge in [0.2, 0.25) is 0 Å². The SMILES string of the molecule is [CH2-]CC(=O)CCCSSCCCC(=O)CCN1CCN(CCC(=O)OCCOC)CC1.[Y]. The predicted octanol–water partition coefficient (Wildman–Crippen LogP) is 2.88. The minimum Gasteiger partial charge on any atom is -0.463 e. The van der Waals surface area contributed by atoms with Crippen LogP contribution in [0.25, 0.3) is 0 Å². The van der Waals surface area contributed by atoms with Crippen LogP contribution >= 0.6 is 21.6 Å². The van der Waals surface area contributed by atoms with E-state index in [4.69, 9.17) is 9.47 Å². The first-order valence-electron chi connectivity index (χ1n) is 11.2. The number of ether oxygens (including phenoxy) is 2. The second-order valence-electron chi connectivity index (χ2n) is 7.57. The molecule has 0 atom stereocenters. The molecule has 1 saturated heterocycles. The van der Waals surface area contributed by atoms with Gasteiger partial charge in [-0.3, -0.25) is 9.59 Å². The van der Waals surface area contributed by atoms with Gasteiger partial charge in [0.25, 0.3) is 0 Å². The molecule has 0 amide bonds. The Morgan fingerprint density at radius 3 is 1.88 bits per heavy atom. The molecule has 1 aliphatic rings. The number of hydrogen-bond donors (Lipinski definition) is 0. The Bertz CT molecular complexity index is 521. The second-order valence-corrected chi connectivity index (χ2v) is 10.3. The third kappa shape index (κ3) is 17.9. The van der Waals surface area contributed by atoms with Crippen LogP contribution in [0.1, 0.15) is 44.9 Å². The van der Waals surface area contributed by atoms with E-state index in [9.17, 15) is 14.4 Å². The van der Waals surface area contributed by atoms with Crippen molar-refractivity contribution in [3.8, 4) is 0 Å². The number of Topliss-reactive ketones (excluding diaryl/α,β-unsaturated/α-hetero) is 2. The first-order valence-corrected chi connectivity index (χ1v) is 13.7. The summed E-state index contributed by atoms with van der Waals surface area (Å²) >= 11 is 0. The van der Waals surface area contributed by atoms with Crippen molar-refractivity contribution in [3.05, 3.63) is 6.92 Å². The van der Waals surface area contributed by atoms with E-state index in [1.54, 1.807) is 28.7 Å². The Morgan fingerprint density at radius 1 is 0.812 bits per heavy atom. The molecule has 1 aliphatic heterocycles. The van der Waals surface area contributed by atoms with Crippen molar-refractivity contribution < 1.29 is 56.6 Å². The van der Waals surface area contributed by atoms with E-state index in [0.717, 1.165) is 63.6 Å². The molecule has 1 fully saturated rings. The molecule has 0 N–H and O–H groups in total. The van der Waals surface area contributed by atoms with Crippen LogP contribution in [0.4, 0.5) is 0 Å². The normalized spacial score (nSPS) is 14.7. The van der Waals surface area contributed by atoms with Crippen LogP contribution < -0.4 is 0 Å². The predicted molar refractivity (Wildman–Crippen MR) is 128 cm³/mol. The van der Waals surface area contributed by atoms with E-state index in [0.29, 0.717) is 51.1 Å². The summed E-state index contributed by atoms with van der Waals surface area (Å²) in [6, 6.07) is 0. The minimum atomic E-state index is -0.175. The number of carbonyl (C=O) groups is 3. The molecule has 0 unspecified atom stereocenters. The summed E-state index contributed by atoms with van der Waals surface area (Å²) in [6.07, 6.45) is 4.54. The van der Waals surface area contributed by atoms with Gasteiger partial charge >= 0.3 is 5.97 Å². The van der Waals surface area contributed by atoms with Crippen molar-refractivity contribution in [2.75, 3.05) is 71.1 Å². The van der Waals surface area contributed by atoms with Crippen molar-refractivity contribution in [2.24, 2.45) is 0 Å². The number of ketones is 2. The van der Waals surface area contributed by atoms with Gasteiger partial charge in [0.05, 0.1) is 13.0 Å². The summed E-state index contributed by atoms with van der Waals surface area (Å²) in [6.45, 7) is 9.62. The molecule has 0 aromatic carbocycles. The molecule has 1 heterocycles. The van der Waals surface area contributed by atoms with Crippen LogP contribution in [0.15, 0.2) is 0 Å². The molecule has 32 heavy (non-hydrogen) atoms. The number of esters is 1. The minimum absolute atomic E-state index is 0. The van der Waals surface area contributed by atoms with Gasteiger partial charge in [-0.1, -0.05) is 21.6 Å². The first-order chi connectivity index (χ1) is 15.0. The number of carbonyl (C=O) groups excluding carboxylic acids is 3.